The molecule has 2 heteroatoms. The van der Waals surface area contributed by atoms with Gasteiger partial charge in [-0.2, -0.15) is 10.2 Å². The SMILES string of the molecule is CCCCCC1CCC(CCc2ccc(-c3ccc(CCCC)cc3)nn2)CC1. The zero-order valence-corrected chi connectivity index (χ0v) is 18.7. The molecule has 0 atom stereocenters. The van der Waals surface area contributed by atoms with Crippen molar-refractivity contribution >= 4 is 0 Å². The fourth-order valence-corrected chi connectivity index (χ4v) is 4.71. The maximum absolute atomic E-state index is 4.53. The first-order valence-corrected chi connectivity index (χ1v) is 12.2. The van der Waals surface area contributed by atoms with E-state index in [0.29, 0.717) is 0 Å². The van der Waals surface area contributed by atoms with Gasteiger partial charge >= 0.3 is 0 Å². The Balaban J connectivity index is 1.42. The Morgan fingerprint density at radius 2 is 1.38 bits per heavy atom. The van der Waals surface area contributed by atoms with Gasteiger partial charge in [-0.15, -0.1) is 0 Å². The lowest BCUT2D eigenvalue weighted by Gasteiger charge is -2.28. The average molecular weight is 393 g/mol. The smallest absolute Gasteiger partial charge is 0.0929 e. The van der Waals surface area contributed by atoms with Crippen LogP contribution in [0, 0.1) is 11.8 Å². The molecule has 0 saturated heterocycles. The summed E-state index contributed by atoms with van der Waals surface area (Å²) in [6.45, 7) is 4.54. The minimum Gasteiger partial charge on any atom is -0.155 e. The number of aromatic nitrogens is 2. The Bertz CT molecular complexity index is 681. The highest BCUT2D eigenvalue weighted by atomic mass is 15.1. The van der Waals surface area contributed by atoms with E-state index in [1.54, 1.807) is 0 Å². The molecule has 1 aromatic carbocycles. The molecule has 29 heavy (non-hydrogen) atoms. The third-order valence-electron chi connectivity index (χ3n) is 6.78. The molecule has 1 aromatic heterocycles. The summed E-state index contributed by atoms with van der Waals surface area (Å²) in [5.41, 5.74) is 4.73. The van der Waals surface area contributed by atoms with Gasteiger partial charge in [0.1, 0.15) is 0 Å². The zero-order valence-electron chi connectivity index (χ0n) is 18.7. The van der Waals surface area contributed by atoms with Crippen LogP contribution in [0.1, 0.15) is 95.7 Å². The van der Waals surface area contributed by atoms with Gasteiger partial charge in [-0.1, -0.05) is 95.9 Å². The lowest BCUT2D eigenvalue weighted by molar-refractivity contribution is 0.248. The van der Waals surface area contributed by atoms with Gasteiger partial charge in [0, 0.05) is 5.56 Å². The molecule has 0 unspecified atom stereocenters. The highest BCUT2D eigenvalue weighted by Crippen LogP contribution is 2.34. The molecule has 0 amide bonds. The summed E-state index contributed by atoms with van der Waals surface area (Å²) in [6.07, 6.45) is 17.4. The summed E-state index contributed by atoms with van der Waals surface area (Å²) in [7, 11) is 0. The van der Waals surface area contributed by atoms with E-state index < -0.39 is 0 Å². The Morgan fingerprint density at radius 3 is 2.00 bits per heavy atom. The van der Waals surface area contributed by atoms with Crippen molar-refractivity contribution in [2.24, 2.45) is 11.8 Å². The first kappa shape index (κ1) is 22.0. The second kappa shape index (κ2) is 12.1. The fraction of sp³-hybridized carbons (Fsp3) is 0.630. The normalized spacial score (nSPS) is 19.4. The topological polar surface area (TPSA) is 25.8 Å². The fourth-order valence-electron chi connectivity index (χ4n) is 4.71. The Kier molecular flexibility index (Phi) is 9.18. The van der Waals surface area contributed by atoms with Crippen LogP contribution in [0.2, 0.25) is 0 Å². The van der Waals surface area contributed by atoms with Crippen molar-refractivity contribution < 1.29 is 0 Å². The number of unbranched alkanes of at least 4 members (excludes halogenated alkanes) is 3. The summed E-state index contributed by atoms with van der Waals surface area (Å²) >= 11 is 0. The van der Waals surface area contributed by atoms with Gasteiger partial charge in [-0.05, 0) is 55.2 Å². The van der Waals surface area contributed by atoms with Crippen molar-refractivity contribution in [1.82, 2.24) is 10.2 Å². The highest BCUT2D eigenvalue weighted by Gasteiger charge is 2.20. The van der Waals surface area contributed by atoms with Crippen LogP contribution in [-0.4, -0.2) is 10.2 Å². The minimum absolute atomic E-state index is 0.898. The third kappa shape index (κ3) is 7.24. The lowest BCUT2D eigenvalue weighted by Crippen LogP contribution is -2.15. The van der Waals surface area contributed by atoms with Crippen LogP contribution >= 0.6 is 0 Å². The minimum atomic E-state index is 0.898. The number of hydrogen-bond acceptors (Lipinski definition) is 2. The summed E-state index contributed by atoms with van der Waals surface area (Å²) in [5.74, 6) is 1.90. The number of rotatable bonds is 11. The monoisotopic (exact) mass is 392 g/mol. The van der Waals surface area contributed by atoms with E-state index in [9.17, 15) is 0 Å². The predicted octanol–water partition coefficient (Wildman–Crippen LogP) is 7.81. The molecule has 0 radical (unpaired) electrons. The summed E-state index contributed by atoms with van der Waals surface area (Å²) < 4.78 is 0. The Morgan fingerprint density at radius 1 is 0.690 bits per heavy atom. The molecule has 0 aliphatic heterocycles. The molecule has 2 nitrogen and oxygen atoms in total. The number of hydrogen-bond donors (Lipinski definition) is 0. The zero-order chi connectivity index (χ0) is 20.3. The van der Waals surface area contributed by atoms with Gasteiger partial charge in [0.2, 0.25) is 0 Å². The summed E-state index contributed by atoms with van der Waals surface area (Å²) in [4.78, 5) is 0. The molecule has 2 aromatic rings. The van der Waals surface area contributed by atoms with Crippen molar-refractivity contribution in [1.29, 1.82) is 0 Å². The largest absolute Gasteiger partial charge is 0.155 e. The first-order valence-electron chi connectivity index (χ1n) is 12.2. The second-order valence-corrected chi connectivity index (χ2v) is 9.13. The van der Waals surface area contributed by atoms with Crippen LogP contribution in [-0.2, 0) is 12.8 Å². The third-order valence-corrected chi connectivity index (χ3v) is 6.78. The van der Waals surface area contributed by atoms with Crippen molar-refractivity contribution in [2.75, 3.05) is 0 Å². The van der Waals surface area contributed by atoms with E-state index in [1.165, 1.54) is 88.2 Å². The molecule has 1 aliphatic rings. The van der Waals surface area contributed by atoms with Crippen LogP contribution in [0.3, 0.4) is 0 Å². The molecule has 0 spiro atoms. The van der Waals surface area contributed by atoms with Gasteiger partial charge < -0.3 is 0 Å². The molecule has 0 bridgehead atoms. The molecule has 1 fully saturated rings. The Hall–Kier alpha value is -1.70. The molecule has 1 saturated carbocycles. The van der Waals surface area contributed by atoms with Gasteiger partial charge in [0.15, 0.2) is 0 Å². The number of benzene rings is 1. The quantitative estimate of drug-likeness (QED) is 0.364. The van der Waals surface area contributed by atoms with Crippen molar-refractivity contribution in [3.63, 3.8) is 0 Å². The Labute approximate surface area is 178 Å². The van der Waals surface area contributed by atoms with E-state index in [4.69, 9.17) is 0 Å². The van der Waals surface area contributed by atoms with Gasteiger partial charge in [0.05, 0.1) is 11.4 Å². The van der Waals surface area contributed by atoms with Crippen LogP contribution < -0.4 is 0 Å². The standard InChI is InChI=1S/C27H40N2/c1-3-5-7-9-23-10-12-24(13-11-23)16-19-26-20-21-27(29-28-26)25-17-14-22(15-18-25)8-6-4-2/h14-15,17-18,20-21,23-24H,3-13,16,19H2,1-2H3. The predicted molar refractivity (Wildman–Crippen MR) is 124 cm³/mol. The van der Waals surface area contributed by atoms with Crippen molar-refractivity contribution in [3.8, 4) is 11.3 Å². The van der Waals surface area contributed by atoms with E-state index in [1.807, 2.05) is 0 Å². The molecule has 1 aliphatic carbocycles. The van der Waals surface area contributed by atoms with Crippen LogP contribution in [0.5, 0.6) is 0 Å². The maximum Gasteiger partial charge on any atom is 0.0929 e. The lowest BCUT2D eigenvalue weighted by atomic mass is 9.78. The van der Waals surface area contributed by atoms with Crippen LogP contribution in [0.15, 0.2) is 36.4 Å². The van der Waals surface area contributed by atoms with Crippen LogP contribution in [0.25, 0.3) is 11.3 Å². The maximum atomic E-state index is 4.53. The number of aryl methyl sites for hydroxylation is 2. The summed E-state index contributed by atoms with van der Waals surface area (Å²) in [6, 6.07) is 13.2. The molecule has 0 N–H and O–H groups in total. The van der Waals surface area contributed by atoms with Crippen molar-refractivity contribution in [2.45, 2.75) is 97.3 Å². The summed E-state index contributed by atoms with van der Waals surface area (Å²) in [5, 5.41) is 9.03. The number of nitrogens with zero attached hydrogens (tertiary/aromatic N) is 2. The van der Waals surface area contributed by atoms with E-state index in [2.05, 4.69) is 60.4 Å². The molecule has 3 rings (SSSR count). The molecular formula is C27H40N2. The van der Waals surface area contributed by atoms with E-state index in [0.717, 1.165) is 29.6 Å². The van der Waals surface area contributed by atoms with Crippen molar-refractivity contribution in [3.05, 3.63) is 47.7 Å². The molecule has 1 heterocycles. The van der Waals surface area contributed by atoms with E-state index in [-0.39, 0.29) is 0 Å². The average Bonchev–Trinajstić information content (AvgIpc) is 2.78. The first-order chi connectivity index (χ1) is 14.3. The van der Waals surface area contributed by atoms with Gasteiger partial charge in [-0.3, -0.25) is 0 Å². The van der Waals surface area contributed by atoms with Gasteiger partial charge in [0.25, 0.3) is 0 Å². The second-order valence-electron chi connectivity index (χ2n) is 9.13. The highest BCUT2D eigenvalue weighted by molar-refractivity contribution is 5.58. The molecular weight excluding hydrogens is 352 g/mol. The molecule has 158 valence electrons. The van der Waals surface area contributed by atoms with Crippen LogP contribution in [0.4, 0.5) is 0 Å². The van der Waals surface area contributed by atoms with E-state index >= 15 is 0 Å². The van der Waals surface area contributed by atoms with Gasteiger partial charge in [-0.25, -0.2) is 0 Å².